The summed E-state index contributed by atoms with van der Waals surface area (Å²) in [5.74, 6) is 1.22. The summed E-state index contributed by atoms with van der Waals surface area (Å²) in [6, 6.07) is 10.7. The number of ketones is 1. The summed E-state index contributed by atoms with van der Waals surface area (Å²) in [5, 5.41) is 0. The molecule has 2 aromatic rings. The smallest absolute Gasteiger partial charge is 0.253 e. The molecular weight excluding hydrogens is 414 g/mol. The van der Waals surface area contributed by atoms with E-state index in [4.69, 9.17) is 9.47 Å². The van der Waals surface area contributed by atoms with Crippen LogP contribution in [0.3, 0.4) is 0 Å². The van der Waals surface area contributed by atoms with E-state index in [1.54, 1.807) is 50.5 Å². The Hall–Kier alpha value is -3.08. The van der Waals surface area contributed by atoms with E-state index in [0.29, 0.717) is 16.9 Å². The van der Waals surface area contributed by atoms with E-state index in [9.17, 15) is 9.59 Å². The fourth-order valence-corrected chi connectivity index (χ4v) is 3.30. The van der Waals surface area contributed by atoms with Crippen molar-refractivity contribution in [1.29, 1.82) is 0 Å². The molecule has 0 bridgehead atoms. The van der Waals surface area contributed by atoms with Crippen LogP contribution in [-0.4, -0.2) is 42.9 Å². The zero-order valence-electron chi connectivity index (χ0n) is 21.4. The van der Waals surface area contributed by atoms with Gasteiger partial charge in [-0.25, -0.2) is 0 Å². The van der Waals surface area contributed by atoms with E-state index in [0.717, 1.165) is 16.9 Å². The molecule has 1 amide bonds. The Morgan fingerprint density at radius 3 is 1.85 bits per heavy atom. The van der Waals surface area contributed by atoms with E-state index in [-0.39, 0.29) is 29.3 Å². The highest BCUT2D eigenvalue weighted by Gasteiger charge is 2.23. The van der Waals surface area contributed by atoms with Crippen molar-refractivity contribution in [3.8, 4) is 11.5 Å². The minimum absolute atomic E-state index is 0.0259. The van der Waals surface area contributed by atoms with Gasteiger partial charge in [0, 0.05) is 42.4 Å². The molecule has 0 unspecified atom stereocenters. The Bertz CT molecular complexity index is 1010. The first-order valence-electron chi connectivity index (χ1n) is 11.4. The van der Waals surface area contributed by atoms with Gasteiger partial charge in [0.05, 0.1) is 12.2 Å². The maximum Gasteiger partial charge on any atom is 0.253 e. The first-order chi connectivity index (χ1) is 15.3. The molecule has 0 fully saturated rings. The van der Waals surface area contributed by atoms with Crippen molar-refractivity contribution >= 4 is 17.8 Å². The van der Waals surface area contributed by atoms with Gasteiger partial charge in [0.1, 0.15) is 11.5 Å². The Kier molecular flexibility index (Phi) is 8.48. The second-order valence-corrected chi connectivity index (χ2v) is 9.94. The zero-order valence-corrected chi connectivity index (χ0v) is 21.4. The molecule has 2 rings (SSSR count). The molecule has 0 spiro atoms. The minimum atomic E-state index is -0.151. The first kappa shape index (κ1) is 26.2. The van der Waals surface area contributed by atoms with Crippen LogP contribution in [0.15, 0.2) is 42.5 Å². The predicted octanol–water partition coefficient (Wildman–Crippen LogP) is 6.16. The fourth-order valence-electron chi connectivity index (χ4n) is 3.30. The molecule has 5 heteroatoms. The average Bonchev–Trinajstić information content (AvgIpc) is 2.70. The second kappa shape index (κ2) is 10.7. The van der Waals surface area contributed by atoms with Gasteiger partial charge in [-0.05, 0) is 63.5 Å². The lowest BCUT2D eigenvalue weighted by atomic mass is 9.85. The minimum Gasteiger partial charge on any atom is -0.491 e. The highest BCUT2D eigenvalue weighted by atomic mass is 16.5. The third-order valence-corrected chi connectivity index (χ3v) is 4.88. The van der Waals surface area contributed by atoms with Gasteiger partial charge < -0.3 is 14.4 Å². The maximum absolute atomic E-state index is 12.8. The lowest BCUT2D eigenvalue weighted by Crippen LogP contribution is -2.21. The average molecular weight is 452 g/mol. The monoisotopic (exact) mass is 451 g/mol. The van der Waals surface area contributed by atoms with Gasteiger partial charge in [-0.15, -0.1) is 0 Å². The molecule has 0 radical (unpaired) electrons. The SMILES string of the molecule is CC(C)Oc1cc(OC(C)C)c(C(C)(C)C)cc1C=CC(=O)c1ccc(C(=O)N(C)C)cc1. The Balaban J connectivity index is 2.43. The molecule has 2 aromatic carbocycles. The van der Waals surface area contributed by atoms with Gasteiger partial charge in [-0.3, -0.25) is 9.59 Å². The van der Waals surface area contributed by atoms with Crippen LogP contribution in [0.4, 0.5) is 0 Å². The van der Waals surface area contributed by atoms with Crippen molar-refractivity contribution in [3.05, 3.63) is 64.7 Å². The molecule has 0 aliphatic rings. The highest BCUT2D eigenvalue weighted by molar-refractivity contribution is 6.07. The lowest BCUT2D eigenvalue weighted by molar-refractivity contribution is 0.0827. The Morgan fingerprint density at radius 2 is 1.36 bits per heavy atom. The van der Waals surface area contributed by atoms with E-state index < -0.39 is 0 Å². The van der Waals surface area contributed by atoms with Gasteiger partial charge in [-0.1, -0.05) is 32.9 Å². The number of carbonyl (C=O) groups excluding carboxylic acids is 2. The number of allylic oxidation sites excluding steroid dienone is 1. The first-order valence-corrected chi connectivity index (χ1v) is 11.4. The van der Waals surface area contributed by atoms with Crippen molar-refractivity contribution in [2.75, 3.05) is 14.1 Å². The lowest BCUT2D eigenvalue weighted by Gasteiger charge is -2.26. The van der Waals surface area contributed by atoms with Crippen LogP contribution in [0.2, 0.25) is 0 Å². The molecule has 178 valence electrons. The van der Waals surface area contributed by atoms with Crippen LogP contribution in [0.5, 0.6) is 11.5 Å². The summed E-state index contributed by atoms with van der Waals surface area (Å²) < 4.78 is 12.1. The third kappa shape index (κ3) is 7.21. The summed E-state index contributed by atoms with van der Waals surface area (Å²) in [7, 11) is 3.40. The van der Waals surface area contributed by atoms with Crippen molar-refractivity contribution < 1.29 is 19.1 Å². The topological polar surface area (TPSA) is 55.8 Å². The van der Waals surface area contributed by atoms with E-state index >= 15 is 0 Å². The molecule has 0 aromatic heterocycles. The molecule has 0 atom stereocenters. The van der Waals surface area contributed by atoms with Crippen molar-refractivity contribution in [2.45, 2.75) is 66.1 Å². The number of hydrogen-bond donors (Lipinski definition) is 0. The number of nitrogens with zero attached hydrogens (tertiary/aromatic N) is 1. The number of carbonyl (C=O) groups is 2. The van der Waals surface area contributed by atoms with E-state index in [1.807, 2.05) is 39.8 Å². The Labute approximate surface area is 198 Å². The quantitative estimate of drug-likeness (QED) is 0.356. The summed E-state index contributed by atoms with van der Waals surface area (Å²) in [6.07, 6.45) is 3.33. The highest BCUT2D eigenvalue weighted by Crippen LogP contribution is 2.38. The van der Waals surface area contributed by atoms with Crippen LogP contribution in [0.1, 0.15) is 80.3 Å². The van der Waals surface area contributed by atoms with Gasteiger partial charge in [0.15, 0.2) is 5.78 Å². The second-order valence-electron chi connectivity index (χ2n) is 9.94. The standard InChI is InChI=1S/C28H37NO4/c1-18(2)32-25-17-26(33-19(3)4)23(28(5,6)7)16-22(25)14-15-24(30)20-10-12-21(13-11-20)27(31)29(8)9/h10-19H,1-9H3. The zero-order chi connectivity index (χ0) is 24.9. The molecule has 0 N–H and O–H groups in total. The molecule has 0 aliphatic carbocycles. The number of rotatable bonds is 8. The molecule has 0 aliphatic heterocycles. The summed E-state index contributed by atoms with van der Waals surface area (Å²) >= 11 is 0. The van der Waals surface area contributed by atoms with Gasteiger partial charge in [0.25, 0.3) is 5.91 Å². The molecule has 0 heterocycles. The van der Waals surface area contributed by atoms with Crippen LogP contribution < -0.4 is 9.47 Å². The largest absolute Gasteiger partial charge is 0.491 e. The van der Waals surface area contributed by atoms with E-state index in [1.165, 1.54) is 4.90 Å². The van der Waals surface area contributed by atoms with Crippen LogP contribution in [0.25, 0.3) is 6.08 Å². The summed E-state index contributed by atoms with van der Waals surface area (Å²) in [4.78, 5) is 26.4. The molecule has 0 saturated carbocycles. The van der Waals surface area contributed by atoms with Crippen molar-refractivity contribution in [3.63, 3.8) is 0 Å². The van der Waals surface area contributed by atoms with Crippen LogP contribution in [0, 0.1) is 0 Å². The molecule has 0 saturated heterocycles. The van der Waals surface area contributed by atoms with Crippen LogP contribution in [-0.2, 0) is 5.41 Å². The maximum atomic E-state index is 12.8. The van der Waals surface area contributed by atoms with Crippen molar-refractivity contribution in [2.24, 2.45) is 0 Å². The number of benzene rings is 2. The molecule has 5 nitrogen and oxygen atoms in total. The normalized spacial score (nSPS) is 11.8. The third-order valence-electron chi connectivity index (χ3n) is 4.88. The predicted molar refractivity (Wildman–Crippen MR) is 134 cm³/mol. The Morgan fingerprint density at radius 1 is 0.848 bits per heavy atom. The molecule has 33 heavy (non-hydrogen) atoms. The summed E-state index contributed by atoms with van der Waals surface area (Å²) in [5.41, 5.74) is 2.78. The van der Waals surface area contributed by atoms with Crippen LogP contribution >= 0.6 is 0 Å². The van der Waals surface area contributed by atoms with E-state index in [2.05, 4.69) is 20.8 Å². The van der Waals surface area contributed by atoms with Crippen molar-refractivity contribution in [1.82, 2.24) is 4.90 Å². The van der Waals surface area contributed by atoms with Gasteiger partial charge in [-0.2, -0.15) is 0 Å². The number of amides is 1. The molecular formula is C28H37NO4. The van der Waals surface area contributed by atoms with Gasteiger partial charge >= 0.3 is 0 Å². The van der Waals surface area contributed by atoms with Gasteiger partial charge in [0.2, 0.25) is 0 Å². The number of ether oxygens (including phenoxy) is 2. The number of hydrogen-bond acceptors (Lipinski definition) is 4. The fraction of sp³-hybridized carbons (Fsp3) is 0.429. The summed E-state index contributed by atoms with van der Waals surface area (Å²) in [6.45, 7) is 14.3.